The summed E-state index contributed by atoms with van der Waals surface area (Å²) in [6.07, 6.45) is 0.484. The molecular formula is C14H17N5O3. The number of likely N-dealkylation sites (N-methyl/N-ethyl adjacent to an activating group) is 1. The van der Waals surface area contributed by atoms with Crippen molar-refractivity contribution in [2.45, 2.75) is 19.0 Å². The van der Waals surface area contributed by atoms with Gasteiger partial charge in [0.1, 0.15) is 5.69 Å². The van der Waals surface area contributed by atoms with Gasteiger partial charge in [0.15, 0.2) is 5.69 Å². The van der Waals surface area contributed by atoms with Crippen LogP contribution in [0.1, 0.15) is 27.4 Å². The van der Waals surface area contributed by atoms with Crippen LogP contribution < -0.4 is 5.32 Å². The van der Waals surface area contributed by atoms with E-state index >= 15 is 0 Å². The van der Waals surface area contributed by atoms with Crippen LogP contribution in [0.5, 0.6) is 0 Å². The highest BCUT2D eigenvalue weighted by Gasteiger charge is 2.42. The fraction of sp³-hybridized carbons (Fsp3) is 0.571. The number of carbonyl (C=O) groups is 3. The van der Waals surface area contributed by atoms with Gasteiger partial charge in [0.25, 0.3) is 11.8 Å². The Morgan fingerprint density at radius 2 is 2.14 bits per heavy atom. The number of aromatic nitrogens is 2. The largest absolute Gasteiger partial charge is 0.351 e. The molecule has 3 amide bonds. The molecule has 8 nitrogen and oxygen atoms in total. The first kappa shape index (κ1) is 13.3. The predicted octanol–water partition coefficient (Wildman–Crippen LogP) is -1.07. The molecule has 0 aliphatic carbocycles. The van der Waals surface area contributed by atoms with Crippen molar-refractivity contribution in [2.75, 3.05) is 26.7 Å². The zero-order valence-corrected chi connectivity index (χ0v) is 12.3. The number of carbonyl (C=O) groups excluding carboxylic acids is 3. The molecule has 3 aliphatic heterocycles. The Hall–Kier alpha value is -2.38. The van der Waals surface area contributed by atoms with Crippen molar-refractivity contribution in [1.29, 1.82) is 0 Å². The van der Waals surface area contributed by atoms with E-state index in [0.29, 0.717) is 44.0 Å². The number of fused-ring (bicyclic) bond motifs is 2. The Kier molecular flexibility index (Phi) is 2.75. The SMILES string of the molecule is CN1CCn2nc(C(=O)N3C[C@@H]4CC(=O)N[C@@H]4C3)cc2C1=O. The summed E-state index contributed by atoms with van der Waals surface area (Å²) >= 11 is 0. The summed E-state index contributed by atoms with van der Waals surface area (Å²) in [5.41, 5.74) is 0.773. The van der Waals surface area contributed by atoms with Gasteiger partial charge in [-0.05, 0) is 0 Å². The molecule has 4 rings (SSSR count). The Bertz CT molecular complexity index is 666. The van der Waals surface area contributed by atoms with Crippen LogP contribution in [0.3, 0.4) is 0 Å². The lowest BCUT2D eigenvalue weighted by molar-refractivity contribution is -0.119. The Morgan fingerprint density at radius 1 is 1.32 bits per heavy atom. The fourth-order valence-corrected chi connectivity index (χ4v) is 3.48. The number of amides is 3. The van der Waals surface area contributed by atoms with E-state index in [4.69, 9.17) is 0 Å². The first-order valence-electron chi connectivity index (χ1n) is 7.45. The first-order valence-corrected chi connectivity index (χ1v) is 7.45. The average Bonchev–Trinajstić information content (AvgIpc) is 3.14. The Morgan fingerprint density at radius 3 is 2.91 bits per heavy atom. The topological polar surface area (TPSA) is 87.5 Å². The predicted molar refractivity (Wildman–Crippen MR) is 75.1 cm³/mol. The van der Waals surface area contributed by atoms with E-state index in [-0.39, 0.29) is 29.7 Å². The molecule has 0 aromatic carbocycles. The molecule has 0 radical (unpaired) electrons. The minimum absolute atomic E-state index is 0.0569. The van der Waals surface area contributed by atoms with E-state index in [2.05, 4.69) is 10.4 Å². The Balaban J connectivity index is 1.54. The zero-order valence-electron chi connectivity index (χ0n) is 12.3. The van der Waals surface area contributed by atoms with Crippen LogP contribution >= 0.6 is 0 Å². The second-order valence-electron chi connectivity index (χ2n) is 6.21. The summed E-state index contributed by atoms with van der Waals surface area (Å²) in [5.74, 6) is -0.0148. The lowest BCUT2D eigenvalue weighted by Gasteiger charge is -2.22. The maximum absolute atomic E-state index is 12.6. The Labute approximate surface area is 127 Å². The van der Waals surface area contributed by atoms with Gasteiger partial charge < -0.3 is 15.1 Å². The fourth-order valence-electron chi connectivity index (χ4n) is 3.48. The van der Waals surface area contributed by atoms with Gasteiger partial charge in [-0.3, -0.25) is 19.1 Å². The van der Waals surface area contributed by atoms with Crippen LogP contribution in [0, 0.1) is 5.92 Å². The minimum Gasteiger partial charge on any atom is -0.351 e. The van der Waals surface area contributed by atoms with Crippen molar-refractivity contribution in [1.82, 2.24) is 24.9 Å². The highest BCUT2D eigenvalue weighted by molar-refractivity contribution is 5.98. The third kappa shape index (κ3) is 1.90. The quantitative estimate of drug-likeness (QED) is 0.715. The highest BCUT2D eigenvalue weighted by Crippen LogP contribution is 2.26. The van der Waals surface area contributed by atoms with E-state index < -0.39 is 0 Å². The van der Waals surface area contributed by atoms with Crippen molar-refractivity contribution < 1.29 is 14.4 Å². The summed E-state index contributed by atoms with van der Waals surface area (Å²) in [6, 6.07) is 1.63. The summed E-state index contributed by atoms with van der Waals surface area (Å²) in [4.78, 5) is 39.3. The third-order valence-electron chi connectivity index (χ3n) is 4.73. The number of nitrogens with zero attached hydrogens (tertiary/aromatic N) is 4. The average molecular weight is 303 g/mol. The van der Waals surface area contributed by atoms with Crippen molar-refractivity contribution >= 4 is 17.7 Å². The summed E-state index contributed by atoms with van der Waals surface area (Å²) < 4.78 is 1.61. The van der Waals surface area contributed by atoms with Gasteiger partial charge in [0, 0.05) is 45.1 Å². The molecule has 1 aromatic rings. The molecule has 4 heterocycles. The molecule has 3 aliphatic rings. The van der Waals surface area contributed by atoms with Crippen LogP contribution in [0.4, 0.5) is 0 Å². The van der Waals surface area contributed by atoms with Crippen molar-refractivity contribution in [2.24, 2.45) is 5.92 Å². The number of likely N-dealkylation sites (tertiary alicyclic amines) is 1. The van der Waals surface area contributed by atoms with E-state index in [1.54, 1.807) is 27.6 Å². The molecular weight excluding hydrogens is 286 g/mol. The highest BCUT2D eigenvalue weighted by atomic mass is 16.2. The maximum Gasteiger partial charge on any atom is 0.274 e. The van der Waals surface area contributed by atoms with Gasteiger partial charge in [-0.25, -0.2) is 0 Å². The second kappa shape index (κ2) is 4.56. The van der Waals surface area contributed by atoms with Gasteiger partial charge in [-0.15, -0.1) is 0 Å². The second-order valence-corrected chi connectivity index (χ2v) is 6.21. The minimum atomic E-state index is -0.166. The summed E-state index contributed by atoms with van der Waals surface area (Å²) in [6.45, 7) is 2.29. The van der Waals surface area contributed by atoms with Crippen LogP contribution in [0.15, 0.2) is 6.07 Å². The number of nitrogens with one attached hydrogen (secondary N) is 1. The number of rotatable bonds is 1. The van der Waals surface area contributed by atoms with Crippen LogP contribution in [-0.2, 0) is 11.3 Å². The molecule has 1 aromatic heterocycles. The first-order chi connectivity index (χ1) is 10.5. The van der Waals surface area contributed by atoms with Crippen LogP contribution in [0.25, 0.3) is 0 Å². The number of hydrogen-bond acceptors (Lipinski definition) is 4. The van der Waals surface area contributed by atoms with Crippen molar-refractivity contribution in [3.05, 3.63) is 17.5 Å². The molecule has 0 unspecified atom stereocenters. The van der Waals surface area contributed by atoms with E-state index in [1.165, 1.54) is 0 Å². The zero-order chi connectivity index (χ0) is 15.4. The molecule has 0 bridgehead atoms. The molecule has 116 valence electrons. The van der Waals surface area contributed by atoms with Gasteiger partial charge >= 0.3 is 0 Å². The monoisotopic (exact) mass is 303 g/mol. The lowest BCUT2D eigenvalue weighted by Crippen LogP contribution is -2.37. The van der Waals surface area contributed by atoms with Gasteiger partial charge in [0.05, 0.1) is 12.6 Å². The van der Waals surface area contributed by atoms with Gasteiger partial charge in [-0.1, -0.05) is 0 Å². The van der Waals surface area contributed by atoms with E-state index in [9.17, 15) is 14.4 Å². The molecule has 2 fully saturated rings. The molecule has 0 saturated carbocycles. The van der Waals surface area contributed by atoms with Crippen LogP contribution in [0.2, 0.25) is 0 Å². The van der Waals surface area contributed by atoms with Crippen molar-refractivity contribution in [3.63, 3.8) is 0 Å². The molecule has 2 atom stereocenters. The molecule has 1 N–H and O–H groups in total. The normalized spacial score (nSPS) is 27.0. The molecule has 2 saturated heterocycles. The number of hydrogen-bond donors (Lipinski definition) is 1. The van der Waals surface area contributed by atoms with Gasteiger partial charge in [0.2, 0.25) is 5.91 Å². The van der Waals surface area contributed by atoms with E-state index in [1.807, 2.05) is 0 Å². The molecule has 0 spiro atoms. The van der Waals surface area contributed by atoms with E-state index in [0.717, 1.165) is 0 Å². The third-order valence-corrected chi connectivity index (χ3v) is 4.73. The summed E-state index contributed by atoms with van der Waals surface area (Å²) in [7, 11) is 1.74. The molecule has 22 heavy (non-hydrogen) atoms. The van der Waals surface area contributed by atoms with Gasteiger partial charge in [-0.2, -0.15) is 5.10 Å². The smallest absolute Gasteiger partial charge is 0.274 e. The standard InChI is InChI=1S/C14H17N5O3/c1-17-2-3-19-11(14(17)22)5-9(16-19)13(21)18-6-8-4-12(20)15-10(8)7-18/h5,8,10H,2-4,6-7H2,1H3,(H,15,20)/t8-,10+/m0/s1. The summed E-state index contributed by atoms with van der Waals surface area (Å²) in [5, 5.41) is 7.17. The molecule has 8 heteroatoms. The van der Waals surface area contributed by atoms with Crippen molar-refractivity contribution in [3.8, 4) is 0 Å². The maximum atomic E-state index is 12.6. The van der Waals surface area contributed by atoms with Crippen LogP contribution in [-0.4, -0.2) is 70.0 Å². The lowest BCUT2D eigenvalue weighted by atomic mass is 10.1.